The van der Waals surface area contributed by atoms with Crippen molar-refractivity contribution in [1.82, 2.24) is 10.3 Å². The maximum atomic E-state index is 12.0. The number of hydrogen-bond acceptors (Lipinski definition) is 3. The average Bonchev–Trinajstić information content (AvgIpc) is 2.38. The molecule has 0 unspecified atom stereocenters. The normalized spacial score (nSPS) is 10.6. The molecule has 0 saturated carbocycles. The molecule has 4 nitrogen and oxygen atoms in total. The van der Waals surface area contributed by atoms with E-state index in [2.05, 4.69) is 10.3 Å². The summed E-state index contributed by atoms with van der Waals surface area (Å²) in [6, 6.07) is 9.57. The molecule has 0 atom stereocenters. The molecule has 1 aromatic heterocycles. The zero-order chi connectivity index (χ0) is 13.0. The fourth-order valence-electron chi connectivity index (χ4n) is 1.82. The number of aliphatic hydroxyl groups excluding tert-OH is 1. The lowest BCUT2D eigenvalue weighted by Gasteiger charge is -2.08. The van der Waals surface area contributed by atoms with Gasteiger partial charge < -0.3 is 10.4 Å². The summed E-state index contributed by atoms with van der Waals surface area (Å²) in [6.07, 6.45) is 0.561. The first-order valence-electron chi connectivity index (χ1n) is 5.98. The quantitative estimate of drug-likeness (QED) is 0.804. The van der Waals surface area contributed by atoms with Gasteiger partial charge in [0.15, 0.2) is 0 Å². The van der Waals surface area contributed by atoms with Gasteiger partial charge in [0.2, 0.25) is 0 Å². The van der Waals surface area contributed by atoms with Crippen LogP contribution in [0.1, 0.15) is 22.5 Å². The number of fused-ring (bicyclic) bond motifs is 1. The second kappa shape index (κ2) is 5.60. The molecule has 4 heteroatoms. The first-order chi connectivity index (χ1) is 8.72. The minimum Gasteiger partial charge on any atom is -0.396 e. The van der Waals surface area contributed by atoms with E-state index in [4.69, 9.17) is 5.11 Å². The predicted octanol–water partition coefficient (Wildman–Crippen LogP) is 1.66. The lowest BCUT2D eigenvalue weighted by atomic mass is 10.1. The smallest absolute Gasteiger partial charge is 0.253 e. The molecule has 1 heterocycles. The largest absolute Gasteiger partial charge is 0.396 e. The standard InChI is InChI=1S/C14H16N2O2/c1-10-12(14(18)15-7-4-8-17)9-11-5-2-3-6-13(11)16-10/h2-3,5-6,9,17H,4,7-8H2,1H3,(H,15,18). The number of amides is 1. The molecule has 1 aromatic carbocycles. The van der Waals surface area contributed by atoms with E-state index >= 15 is 0 Å². The first kappa shape index (κ1) is 12.5. The Bertz CT molecular complexity index is 567. The number of aryl methyl sites for hydroxylation is 1. The number of benzene rings is 1. The molecule has 0 saturated heterocycles. The lowest BCUT2D eigenvalue weighted by molar-refractivity contribution is 0.0950. The highest BCUT2D eigenvalue weighted by Gasteiger charge is 2.10. The van der Waals surface area contributed by atoms with Crippen LogP contribution < -0.4 is 5.32 Å². The molecule has 0 bridgehead atoms. The van der Waals surface area contributed by atoms with Crippen LogP contribution in [0.3, 0.4) is 0 Å². The first-order valence-corrected chi connectivity index (χ1v) is 5.98. The van der Waals surface area contributed by atoms with Crippen LogP contribution in [0.15, 0.2) is 30.3 Å². The number of rotatable bonds is 4. The molecule has 94 valence electrons. The third-order valence-electron chi connectivity index (χ3n) is 2.78. The van der Waals surface area contributed by atoms with Crippen LogP contribution in [0.4, 0.5) is 0 Å². The molecule has 0 fully saturated rings. The fourth-order valence-corrected chi connectivity index (χ4v) is 1.82. The van der Waals surface area contributed by atoms with E-state index in [0.717, 1.165) is 16.6 Å². The van der Waals surface area contributed by atoms with Gasteiger partial charge >= 0.3 is 0 Å². The molecular formula is C14H16N2O2. The highest BCUT2D eigenvalue weighted by molar-refractivity contribution is 5.98. The molecule has 0 spiro atoms. The van der Waals surface area contributed by atoms with Crippen molar-refractivity contribution in [2.45, 2.75) is 13.3 Å². The van der Waals surface area contributed by atoms with Crippen LogP contribution in [0.5, 0.6) is 0 Å². The van der Waals surface area contributed by atoms with Gasteiger partial charge in [0.05, 0.1) is 16.8 Å². The summed E-state index contributed by atoms with van der Waals surface area (Å²) < 4.78 is 0. The third-order valence-corrected chi connectivity index (χ3v) is 2.78. The number of pyridine rings is 1. The number of nitrogens with one attached hydrogen (secondary N) is 1. The van der Waals surface area contributed by atoms with Crippen LogP contribution in [0.2, 0.25) is 0 Å². The Morgan fingerprint density at radius 2 is 2.17 bits per heavy atom. The van der Waals surface area contributed by atoms with E-state index in [0.29, 0.717) is 18.5 Å². The van der Waals surface area contributed by atoms with Gasteiger partial charge in [-0.15, -0.1) is 0 Å². The van der Waals surface area contributed by atoms with Gasteiger partial charge in [-0.1, -0.05) is 18.2 Å². The number of para-hydroxylation sites is 1. The molecule has 0 radical (unpaired) electrons. The van der Waals surface area contributed by atoms with Crippen molar-refractivity contribution < 1.29 is 9.90 Å². The Kier molecular flexibility index (Phi) is 3.89. The fraction of sp³-hybridized carbons (Fsp3) is 0.286. The van der Waals surface area contributed by atoms with Crippen molar-refractivity contribution in [3.05, 3.63) is 41.6 Å². The molecule has 0 aliphatic rings. The van der Waals surface area contributed by atoms with Crippen molar-refractivity contribution in [1.29, 1.82) is 0 Å². The lowest BCUT2D eigenvalue weighted by Crippen LogP contribution is -2.26. The molecular weight excluding hydrogens is 228 g/mol. The molecule has 2 rings (SSSR count). The van der Waals surface area contributed by atoms with Gasteiger partial charge in [0.1, 0.15) is 0 Å². The van der Waals surface area contributed by atoms with E-state index in [1.165, 1.54) is 0 Å². The highest BCUT2D eigenvalue weighted by Crippen LogP contribution is 2.16. The number of aliphatic hydroxyl groups is 1. The summed E-state index contributed by atoms with van der Waals surface area (Å²) in [5.74, 6) is -0.140. The van der Waals surface area contributed by atoms with E-state index in [1.807, 2.05) is 37.3 Å². The molecule has 0 aliphatic carbocycles. The maximum Gasteiger partial charge on any atom is 0.253 e. The number of carbonyl (C=O) groups excluding carboxylic acids is 1. The van der Waals surface area contributed by atoms with Crippen molar-refractivity contribution in [2.75, 3.05) is 13.2 Å². The van der Waals surface area contributed by atoms with Crippen molar-refractivity contribution in [2.24, 2.45) is 0 Å². The Morgan fingerprint density at radius 1 is 1.39 bits per heavy atom. The monoisotopic (exact) mass is 244 g/mol. The minimum absolute atomic E-state index is 0.0786. The second-order valence-electron chi connectivity index (χ2n) is 4.15. The summed E-state index contributed by atoms with van der Waals surface area (Å²) in [6.45, 7) is 2.38. The van der Waals surface area contributed by atoms with Crippen LogP contribution in [-0.2, 0) is 0 Å². The Labute approximate surface area is 106 Å². The summed E-state index contributed by atoms with van der Waals surface area (Å²) in [7, 11) is 0. The Balaban J connectivity index is 2.27. The number of carbonyl (C=O) groups is 1. The van der Waals surface area contributed by atoms with E-state index in [9.17, 15) is 4.79 Å². The number of nitrogens with zero attached hydrogens (tertiary/aromatic N) is 1. The molecule has 2 N–H and O–H groups in total. The summed E-state index contributed by atoms with van der Waals surface area (Å²) in [5.41, 5.74) is 2.20. The van der Waals surface area contributed by atoms with Crippen molar-refractivity contribution in [3.8, 4) is 0 Å². The Morgan fingerprint density at radius 3 is 2.94 bits per heavy atom. The zero-order valence-electron chi connectivity index (χ0n) is 10.3. The van der Waals surface area contributed by atoms with Crippen LogP contribution in [0.25, 0.3) is 10.9 Å². The SMILES string of the molecule is Cc1nc2ccccc2cc1C(=O)NCCCO. The van der Waals surface area contributed by atoms with E-state index in [-0.39, 0.29) is 12.5 Å². The number of aromatic nitrogens is 1. The van der Waals surface area contributed by atoms with Gasteiger partial charge in [-0.25, -0.2) is 0 Å². The molecule has 1 amide bonds. The average molecular weight is 244 g/mol. The second-order valence-corrected chi connectivity index (χ2v) is 4.15. The summed E-state index contributed by atoms with van der Waals surface area (Å²) in [5, 5.41) is 12.4. The van der Waals surface area contributed by atoms with Gasteiger partial charge in [-0.3, -0.25) is 9.78 Å². The van der Waals surface area contributed by atoms with Crippen molar-refractivity contribution >= 4 is 16.8 Å². The summed E-state index contributed by atoms with van der Waals surface area (Å²) in [4.78, 5) is 16.4. The predicted molar refractivity (Wildman–Crippen MR) is 70.5 cm³/mol. The van der Waals surface area contributed by atoms with Crippen LogP contribution in [-0.4, -0.2) is 29.1 Å². The molecule has 0 aliphatic heterocycles. The van der Waals surface area contributed by atoms with Crippen LogP contribution in [0, 0.1) is 6.92 Å². The Hall–Kier alpha value is -1.94. The topological polar surface area (TPSA) is 62.2 Å². The molecule has 2 aromatic rings. The third kappa shape index (κ3) is 2.65. The highest BCUT2D eigenvalue weighted by atomic mass is 16.3. The summed E-state index contributed by atoms with van der Waals surface area (Å²) >= 11 is 0. The van der Waals surface area contributed by atoms with E-state index < -0.39 is 0 Å². The van der Waals surface area contributed by atoms with Gasteiger partial charge in [-0.2, -0.15) is 0 Å². The zero-order valence-corrected chi connectivity index (χ0v) is 10.3. The van der Waals surface area contributed by atoms with Gasteiger partial charge in [-0.05, 0) is 25.5 Å². The maximum absolute atomic E-state index is 12.0. The molecule has 18 heavy (non-hydrogen) atoms. The van der Waals surface area contributed by atoms with Gasteiger partial charge in [0, 0.05) is 18.5 Å². The van der Waals surface area contributed by atoms with Crippen LogP contribution >= 0.6 is 0 Å². The van der Waals surface area contributed by atoms with E-state index in [1.54, 1.807) is 0 Å². The minimum atomic E-state index is -0.140. The number of hydrogen-bond donors (Lipinski definition) is 2. The van der Waals surface area contributed by atoms with Gasteiger partial charge in [0.25, 0.3) is 5.91 Å². The van der Waals surface area contributed by atoms with Crippen molar-refractivity contribution in [3.63, 3.8) is 0 Å².